The van der Waals surface area contributed by atoms with Gasteiger partial charge in [0.1, 0.15) is 11.5 Å². The molecule has 0 N–H and O–H groups in total. The molecular weight excluding hydrogens is 285 g/mol. The number of ether oxygens (including phenoxy) is 2. The number of benzene rings is 2. The Hall–Kier alpha value is -2.50. The average Bonchev–Trinajstić information content (AvgIpc) is 2.46. The predicted octanol–water partition coefficient (Wildman–Crippen LogP) is 3.69. The van der Waals surface area contributed by atoms with Gasteiger partial charge in [-0.15, -0.1) is 0 Å². The summed E-state index contributed by atoms with van der Waals surface area (Å²) < 4.78 is 48.0. The van der Waals surface area contributed by atoms with Gasteiger partial charge in [-0.2, -0.15) is 13.2 Å². The molecule has 0 saturated carbocycles. The molecule has 6 heteroatoms. The van der Waals surface area contributed by atoms with Gasteiger partial charge < -0.3 is 9.47 Å². The molecule has 0 radical (unpaired) electrons. The highest BCUT2D eigenvalue weighted by Crippen LogP contribution is 2.35. The lowest BCUT2D eigenvalue weighted by Crippen LogP contribution is -2.19. The molecule has 0 amide bonds. The van der Waals surface area contributed by atoms with Crippen molar-refractivity contribution in [3.63, 3.8) is 0 Å². The lowest BCUT2D eigenvalue weighted by Gasteiger charge is -2.12. The van der Waals surface area contributed by atoms with Crippen molar-refractivity contribution in [2.45, 2.75) is 6.18 Å². The zero-order chi connectivity index (χ0) is 15.3. The smallest absolute Gasteiger partial charge is 0.419 e. The molecule has 110 valence electrons. The quantitative estimate of drug-likeness (QED) is 0.637. The van der Waals surface area contributed by atoms with Crippen LogP contribution in [0.2, 0.25) is 0 Å². The Morgan fingerprint density at radius 3 is 2.24 bits per heavy atom. The van der Waals surface area contributed by atoms with E-state index < -0.39 is 30.1 Å². The third-order valence-corrected chi connectivity index (χ3v) is 2.52. The number of carbonyl (C=O) groups excluding carboxylic acids is 1. The van der Waals surface area contributed by atoms with Gasteiger partial charge in [-0.1, -0.05) is 30.3 Å². The second-order valence-corrected chi connectivity index (χ2v) is 4.07. The van der Waals surface area contributed by atoms with E-state index in [1.165, 1.54) is 12.1 Å². The molecular formula is C15H11F3O3. The van der Waals surface area contributed by atoms with Gasteiger partial charge in [-0.05, 0) is 24.3 Å². The van der Waals surface area contributed by atoms with Crippen LogP contribution in [0.4, 0.5) is 13.2 Å². The first-order chi connectivity index (χ1) is 9.97. The molecule has 2 aromatic carbocycles. The van der Waals surface area contributed by atoms with Gasteiger partial charge in [0.25, 0.3) is 0 Å². The van der Waals surface area contributed by atoms with E-state index in [0.29, 0.717) is 5.75 Å². The second kappa shape index (κ2) is 6.30. The summed E-state index contributed by atoms with van der Waals surface area (Å²) >= 11 is 0. The van der Waals surface area contributed by atoms with Gasteiger partial charge in [0.2, 0.25) is 0 Å². The van der Waals surface area contributed by atoms with Crippen molar-refractivity contribution in [2.75, 3.05) is 6.61 Å². The number of hydrogen-bond donors (Lipinski definition) is 0. The molecule has 3 nitrogen and oxygen atoms in total. The molecule has 21 heavy (non-hydrogen) atoms. The second-order valence-electron chi connectivity index (χ2n) is 4.07. The number of alkyl halides is 3. The minimum absolute atomic E-state index is 0.429. The Bertz CT molecular complexity index is 609. The SMILES string of the molecule is O=C(COc1ccccc1)Oc1ccccc1C(F)(F)F. The number of halogens is 3. The Balaban J connectivity index is 2.00. The molecule has 2 aromatic rings. The fourth-order valence-electron chi connectivity index (χ4n) is 1.60. The van der Waals surface area contributed by atoms with E-state index in [0.717, 1.165) is 12.1 Å². The van der Waals surface area contributed by atoms with E-state index in [1.807, 2.05) is 0 Å². The molecule has 0 aliphatic heterocycles. The van der Waals surface area contributed by atoms with E-state index in [4.69, 9.17) is 9.47 Å². The summed E-state index contributed by atoms with van der Waals surface area (Å²) in [5.74, 6) is -1.01. The van der Waals surface area contributed by atoms with Crippen molar-refractivity contribution < 1.29 is 27.4 Å². The maximum absolute atomic E-state index is 12.7. The first kappa shape index (κ1) is 14.9. The van der Waals surface area contributed by atoms with E-state index in [1.54, 1.807) is 30.3 Å². The zero-order valence-corrected chi connectivity index (χ0v) is 10.8. The molecule has 0 spiro atoms. The summed E-state index contributed by atoms with van der Waals surface area (Å²) in [4.78, 5) is 11.6. The Kier molecular flexibility index (Phi) is 4.47. The van der Waals surface area contributed by atoms with Crippen molar-refractivity contribution in [3.05, 3.63) is 60.2 Å². The minimum atomic E-state index is -4.59. The number of carbonyl (C=O) groups is 1. The van der Waals surface area contributed by atoms with Crippen molar-refractivity contribution in [1.82, 2.24) is 0 Å². The predicted molar refractivity (Wildman–Crippen MR) is 69.0 cm³/mol. The van der Waals surface area contributed by atoms with Crippen molar-refractivity contribution in [1.29, 1.82) is 0 Å². The molecule has 0 aromatic heterocycles. The van der Waals surface area contributed by atoms with Crippen LogP contribution in [0.3, 0.4) is 0 Å². The fourth-order valence-corrected chi connectivity index (χ4v) is 1.60. The molecule has 0 saturated heterocycles. The van der Waals surface area contributed by atoms with Crippen LogP contribution in [0.1, 0.15) is 5.56 Å². The van der Waals surface area contributed by atoms with Gasteiger partial charge in [0, 0.05) is 0 Å². The summed E-state index contributed by atoms with van der Waals surface area (Å²) in [7, 11) is 0. The van der Waals surface area contributed by atoms with Gasteiger partial charge in [0.15, 0.2) is 6.61 Å². The summed E-state index contributed by atoms with van der Waals surface area (Å²) in [6, 6.07) is 12.9. The van der Waals surface area contributed by atoms with Crippen LogP contribution >= 0.6 is 0 Å². The molecule has 2 rings (SSSR count). The highest BCUT2D eigenvalue weighted by Gasteiger charge is 2.34. The summed E-state index contributed by atoms with van der Waals surface area (Å²) in [5, 5.41) is 0. The van der Waals surface area contributed by atoms with Crippen LogP contribution in [-0.2, 0) is 11.0 Å². The first-order valence-corrected chi connectivity index (χ1v) is 6.01. The van der Waals surface area contributed by atoms with E-state index >= 15 is 0 Å². The molecule has 0 atom stereocenters. The van der Waals surface area contributed by atoms with Crippen LogP contribution in [0, 0.1) is 0 Å². The first-order valence-electron chi connectivity index (χ1n) is 6.01. The molecule has 0 aliphatic rings. The van der Waals surface area contributed by atoms with Gasteiger partial charge in [-0.25, -0.2) is 4.79 Å². The summed E-state index contributed by atoms with van der Waals surface area (Å²) in [5.41, 5.74) is -1.00. The van der Waals surface area contributed by atoms with Gasteiger partial charge >= 0.3 is 12.1 Å². The molecule has 0 bridgehead atoms. The molecule has 0 unspecified atom stereocenters. The van der Waals surface area contributed by atoms with Crippen molar-refractivity contribution in [3.8, 4) is 11.5 Å². The maximum Gasteiger partial charge on any atom is 0.419 e. The lowest BCUT2D eigenvalue weighted by atomic mass is 10.2. The van der Waals surface area contributed by atoms with Crippen LogP contribution in [0.15, 0.2) is 54.6 Å². The lowest BCUT2D eigenvalue weighted by molar-refractivity contribution is -0.143. The van der Waals surface area contributed by atoms with E-state index in [9.17, 15) is 18.0 Å². The largest absolute Gasteiger partial charge is 0.482 e. The maximum atomic E-state index is 12.7. The monoisotopic (exact) mass is 296 g/mol. The highest BCUT2D eigenvalue weighted by molar-refractivity contribution is 5.74. The zero-order valence-electron chi connectivity index (χ0n) is 10.8. The normalized spacial score (nSPS) is 11.0. The Morgan fingerprint density at radius 2 is 1.57 bits per heavy atom. The molecule has 0 heterocycles. The minimum Gasteiger partial charge on any atom is -0.482 e. The Labute approximate surface area is 118 Å². The van der Waals surface area contributed by atoms with Crippen molar-refractivity contribution in [2.24, 2.45) is 0 Å². The van der Waals surface area contributed by atoms with Crippen LogP contribution in [0.5, 0.6) is 11.5 Å². The highest BCUT2D eigenvalue weighted by atomic mass is 19.4. The topological polar surface area (TPSA) is 35.5 Å². The van der Waals surface area contributed by atoms with Gasteiger partial charge in [-0.3, -0.25) is 0 Å². The fraction of sp³-hybridized carbons (Fsp3) is 0.133. The van der Waals surface area contributed by atoms with Crippen LogP contribution in [-0.4, -0.2) is 12.6 Å². The molecule has 0 fully saturated rings. The third kappa shape index (κ3) is 4.24. The number of hydrogen-bond acceptors (Lipinski definition) is 3. The Morgan fingerprint density at radius 1 is 0.952 bits per heavy atom. The number of esters is 1. The summed E-state index contributed by atoms with van der Waals surface area (Å²) in [6.45, 7) is -0.476. The summed E-state index contributed by atoms with van der Waals surface area (Å²) in [6.07, 6.45) is -4.59. The van der Waals surface area contributed by atoms with Crippen LogP contribution < -0.4 is 9.47 Å². The third-order valence-electron chi connectivity index (χ3n) is 2.52. The standard InChI is InChI=1S/C15H11F3O3/c16-15(17,18)12-8-4-5-9-13(12)21-14(19)10-20-11-6-2-1-3-7-11/h1-9H,10H2. The van der Waals surface area contributed by atoms with Crippen molar-refractivity contribution >= 4 is 5.97 Å². The number of rotatable bonds is 4. The van der Waals surface area contributed by atoms with E-state index in [-0.39, 0.29) is 0 Å². The van der Waals surface area contributed by atoms with Gasteiger partial charge in [0.05, 0.1) is 5.56 Å². The molecule has 0 aliphatic carbocycles. The average molecular weight is 296 g/mol. The van der Waals surface area contributed by atoms with E-state index in [2.05, 4.69) is 0 Å². The van der Waals surface area contributed by atoms with Crippen LogP contribution in [0.25, 0.3) is 0 Å². The number of para-hydroxylation sites is 2.